The number of ketones is 1. The summed E-state index contributed by atoms with van der Waals surface area (Å²) in [6, 6.07) is 9.27. The lowest BCUT2D eigenvalue weighted by Crippen LogP contribution is -2.42. The lowest BCUT2D eigenvalue weighted by atomic mass is 9.89. The van der Waals surface area contributed by atoms with Crippen LogP contribution in [0, 0.1) is 5.92 Å². The minimum absolute atomic E-state index is 0.0735. The Morgan fingerprint density at radius 2 is 1.71 bits per heavy atom. The number of hydrogen-bond donors (Lipinski definition) is 1. The third kappa shape index (κ3) is 3.32. The van der Waals surface area contributed by atoms with Crippen LogP contribution in [0.2, 0.25) is 0 Å². The van der Waals surface area contributed by atoms with Crippen molar-refractivity contribution in [3.05, 3.63) is 53.1 Å². The molecule has 28 heavy (non-hydrogen) atoms. The average Bonchev–Trinajstić information content (AvgIpc) is 3.13. The van der Waals surface area contributed by atoms with Gasteiger partial charge in [0.2, 0.25) is 0 Å². The minimum atomic E-state index is -0.667. The largest absolute Gasteiger partial charge is 0.364 e. The van der Waals surface area contributed by atoms with Crippen molar-refractivity contribution in [3.8, 4) is 0 Å². The molecule has 1 aromatic carbocycles. The molecule has 1 saturated heterocycles. The lowest BCUT2D eigenvalue weighted by molar-refractivity contribution is 0.0638. The van der Waals surface area contributed by atoms with Crippen LogP contribution in [-0.2, 0) is 13.0 Å². The number of piperidine rings is 1. The summed E-state index contributed by atoms with van der Waals surface area (Å²) in [6.07, 6.45) is 3.94. The molecule has 2 amide bonds. The second-order valence-electron chi connectivity index (χ2n) is 7.49. The van der Waals surface area contributed by atoms with Crippen LogP contribution < -0.4 is 5.73 Å². The summed E-state index contributed by atoms with van der Waals surface area (Å²) in [5.41, 5.74) is 6.59. The number of benzene rings is 1. The van der Waals surface area contributed by atoms with Crippen molar-refractivity contribution in [1.29, 1.82) is 0 Å². The fraction of sp³-hybridized carbons (Fsp3) is 0.429. The summed E-state index contributed by atoms with van der Waals surface area (Å²) in [5.74, 6) is -0.0642. The highest BCUT2D eigenvalue weighted by Gasteiger charge is 2.33. The number of primary amides is 1. The molecule has 0 unspecified atom stereocenters. The molecule has 2 aliphatic rings. The lowest BCUT2D eigenvalue weighted by Gasteiger charge is -2.32. The standard InChI is InChI=1S/C21H24N4O3/c22-20(27)17-18(25-11-5-4-8-16(25)23-17)21(28)24-12-9-15(10-13-24)19(26)14-6-2-1-3-7-14/h1-3,6-7,15H,4-5,8-13H2,(H2,22,27). The van der Waals surface area contributed by atoms with Crippen molar-refractivity contribution in [2.45, 2.75) is 38.6 Å². The molecule has 4 rings (SSSR count). The number of nitrogens with two attached hydrogens (primary N) is 1. The van der Waals surface area contributed by atoms with E-state index in [1.54, 1.807) is 4.90 Å². The highest BCUT2D eigenvalue weighted by Crippen LogP contribution is 2.26. The maximum absolute atomic E-state index is 13.2. The van der Waals surface area contributed by atoms with Crippen LogP contribution >= 0.6 is 0 Å². The molecule has 3 heterocycles. The van der Waals surface area contributed by atoms with Gasteiger partial charge in [-0.1, -0.05) is 30.3 Å². The third-order valence-corrected chi connectivity index (χ3v) is 5.73. The fourth-order valence-corrected chi connectivity index (χ4v) is 4.21. The van der Waals surface area contributed by atoms with Crippen molar-refractivity contribution in [2.75, 3.05) is 13.1 Å². The summed E-state index contributed by atoms with van der Waals surface area (Å²) in [7, 11) is 0. The Morgan fingerprint density at radius 3 is 2.39 bits per heavy atom. The number of aryl methyl sites for hydroxylation is 1. The molecule has 146 valence electrons. The molecular formula is C21H24N4O3. The maximum atomic E-state index is 13.2. The van der Waals surface area contributed by atoms with Gasteiger partial charge in [0, 0.05) is 37.5 Å². The van der Waals surface area contributed by atoms with E-state index in [-0.39, 0.29) is 23.3 Å². The number of rotatable bonds is 4. The van der Waals surface area contributed by atoms with Gasteiger partial charge in [-0.05, 0) is 25.7 Å². The number of carbonyl (C=O) groups excluding carboxylic acids is 3. The molecule has 0 aliphatic carbocycles. The van der Waals surface area contributed by atoms with Gasteiger partial charge in [-0.15, -0.1) is 0 Å². The fourth-order valence-electron chi connectivity index (χ4n) is 4.21. The Morgan fingerprint density at radius 1 is 1.00 bits per heavy atom. The van der Waals surface area contributed by atoms with Crippen molar-refractivity contribution in [2.24, 2.45) is 11.7 Å². The van der Waals surface area contributed by atoms with Gasteiger partial charge < -0.3 is 15.2 Å². The van der Waals surface area contributed by atoms with Gasteiger partial charge in [0.15, 0.2) is 11.5 Å². The quantitative estimate of drug-likeness (QED) is 0.821. The molecule has 0 saturated carbocycles. The Kier molecular flexibility index (Phi) is 4.98. The van der Waals surface area contributed by atoms with E-state index < -0.39 is 5.91 Å². The molecule has 0 spiro atoms. The van der Waals surface area contributed by atoms with Crippen molar-refractivity contribution in [1.82, 2.24) is 14.5 Å². The Hall–Kier alpha value is -2.96. The topological polar surface area (TPSA) is 98.3 Å². The molecule has 0 bridgehead atoms. The number of aromatic nitrogens is 2. The first kappa shape index (κ1) is 18.4. The van der Waals surface area contributed by atoms with Crippen molar-refractivity contribution < 1.29 is 14.4 Å². The first-order valence-electron chi connectivity index (χ1n) is 9.84. The first-order valence-corrected chi connectivity index (χ1v) is 9.84. The molecule has 7 nitrogen and oxygen atoms in total. The molecule has 2 aromatic rings. The van der Waals surface area contributed by atoms with Crippen molar-refractivity contribution in [3.63, 3.8) is 0 Å². The van der Waals surface area contributed by atoms with Gasteiger partial charge in [0.1, 0.15) is 11.5 Å². The van der Waals surface area contributed by atoms with Gasteiger partial charge in [-0.3, -0.25) is 14.4 Å². The van der Waals surface area contributed by atoms with Crippen LogP contribution in [0.5, 0.6) is 0 Å². The zero-order valence-corrected chi connectivity index (χ0v) is 15.8. The molecule has 1 fully saturated rings. The summed E-state index contributed by atoms with van der Waals surface area (Å²) in [4.78, 5) is 43.8. The summed E-state index contributed by atoms with van der Waals surface area (Å²) in [6.45, 7) is 1.65. The Bertz CT molecular complexity index is 911. The van der Waals surface area contributed by atoms with Gasteiger partial charge in [0.25, 0.3) is 11.8 Å². The predicted molar refractivity (Wildman–Crippen MR) is 103 cm³/mol. The molecule has 0 atom stereocenters. The number of amides is 2. The smallest absolute Gasteiger partial charge is 0.273 e. The van der Waals surface area contributed by atoms with E-state index in [2.05, 4.69) is 4.98 Å². The summed E-state index contributed by atoms with van der Waals surface area (Å²) >= 11 is 0. The molecule has 2 N–H and O–H groups in total. The van der Waals surface area contributed by atoms with E-state index in [1.807, 2.05) is 34.9 Å². The SMILES string of the molecule is NC(=O)c1nc2n(c1C(=O)N1CCC(C(=O)c3ccccc3)CC1)CCCC2. The second-order valence-corrected chi connectivity index (χ2v) is 7.49. The second kappa shape index (κ2) is 7.58. The van der Waals surface area contributed by atoms with Gasteiger partial charge in [-0.25, -0.2) is 4.98 Å². The zero-order valence-electron chi connectivity index (χ0n) is 15.8. The van der Waals surface area contributed by atoms with Gasteiger partial charge >= 0.3 is 0 Å². The summed E-state index contributed by atoms with van der Waals surface area (Å²) in [5, 5.41) is 0. The van der Waals surface area contributed by atoms with E-state index in [1.165, 1.54) is 0 Å². The number of fused-ring (bicyclic) bond motifs is 1. The maximum Gasteiger partial charge on any atom is 0.273 e. The monoisotopic (exact) mass is 380 g/mol. The van der Waals surface area contributed by atoms with Crippen LogP contribution in [0.3, 0.4) is 0 Å². The zero-order chi connectivity index (χ0) is 19.7. The third-order valence-electron chi connectivity index (χ3n) is 5.73. The minimum Gasteiger partial charge on any atom is -0.364 e. The molecule has 0 radical (unpaired) electrons. The average molecular weight is 380 g/mol. The number of Topliss-reactive ketones (excluding diaryl/α,β-unsaturated/α-hetero) is 1. The highest BCUT2D eigenvalue weighted by molar-refractivity contribution is 6.05. The van der Waals surface area contributed by atoms with E-state index in [0.717, 1.165) is 25.1 Å². The highest BCUT2D eigenvalue weighted by atomic mass is 16.2. The van der Waals surface area contributed by atoms with E-state index >= 15 is 0 Å². The van der Waals surface area contributed by atoms with Crippen LogP contribution in [0.15, 0.2) is 30.3 Å². The molecule has 7 heteroatoms. The van der Waals surface area contributed by atoms with Gasteiger partial charge in [-0.2, -0.15) is 0 Å². The van der Waals surface area contributed by atoms with E-state index in [0.29, 0.717) is 43.7 Å². The predicted octanol–water partition coefficient (Wildman–Crippen LogP) is 2.05. The van der Waals surface area contributed by atoms with E-state index in [4.69, 9.17) is 5.73 Å². The molecule has 1 aromatic heterocycles. The normalized spacial score (nSPS) is 17.2. The molecular weight excluding hydrogens is 356 g/mol. The van der Waals surface area contributed by atoms with Crippen LogP contribution in [0.25, 0.3) is 0 Å². The summed E-state index contributed by atoms with van der Waals surface area (Å²) < 4.78 is 1.85. The number of carbonyl (C=O) groups is 3. The van der Waals surface area contributed by atoms with Crippen LogP contribution in [-0.4, -0.2) is 45.1 Å². The van der Waals surface area contributed by atoms with Crippen molar-refractivity contribution >= 4 is 17.6 Å². The van der Waals surface area contributed by atoms with Crippen LogP contribution in [0.4, 0.5) is 0 Å². The molecule has 2 aliphatic heterocycles. The van der Waals surface area contributed by atoms with Crippen LogP contribution in [0.1, 0.15) is 62.8 Å². The Labute approximate surface area is 163 Å². The Balaban J connectivity index is 1.50. The number of imidazole rings is 1. The number of nitrogens with zero attached hydrogens (tertiary/aromatic N) is 3. The number of hydrogen-bond acceptors (Lipinski definition) is 4. The van der Waals surface area contributed by atoms with E-state index in [9.17, 15) is 14.4 Å². The first-order chi connectivity index (χ1) is 13.6. The number of likely N-dealkylation sites (tertiary alicyclic amines) is 1. The van der Waals surface area contributed by atoms with Gasteiger partial charge in [0.05, 0.1) is 0 Å².